The molecule has 0 aromatic rings. The van der Waals surface area contributed by atoms with Crippen LogP contribution in [0.4, 0.5) is 0 Å². The van der Waals surface area contributed by atoms with Gasteiger partial charge in [0, 0.05) is 45.7 Å². The minimum Gasteiger partial charge on any atom is -0.344 e. The lowest BCUT2D eigenvalue weighted by atomic mass is 9.94. The number of nitrogens with zero attached hydrogens (tertiary/aromatic N) is 3. The first-order valence-electron chi connectivity index (χ1n) is 10.9. The van der Waals surface area contributed by atoms with Crippen LogP contribution in [-0.2, 0) is 9.59 Å². The summed E-state index contributed by atoms with van der Waals surface area (Å²) >= 11 is 0. The SMILES string of the molecule is CCCN(C)C(=O)[C@@H](C1CCCC1)N1CCN(C(=O)C2CCCC2)CC1. The van der Waals surface area contributed by atoms with Crippen LogP contribution in [0.25, 0.3) is 0 Å². The third-order valence-corrected chi connectivity index (χ3v) is 6.76. The first-order chi connectivity index (χ1) is 12.6. The number of amides is 2. The molecule has 2 saturated carbocycles. The van der Waals surface area contributed by atoms with Crippen molar-refractivity contribution in [1.82, 2.24) is 14.7 Å². The highest BCUT2D eigenvalue weighted by molar-refractivity contribution is 5.82. The predicted octanol–water partition coefficient (Wildman–Crippen LogP) is 2.75. The topological polar surface area (TPSA) is 43.9 Å². The Morgan fingerprint density at radius 3 is 2.12 bits per heavy atom. The molecule has 26 heavy (non-hydrogen) atoms. The Hall–Kier alpha value is -1.10. The van der Waals surface area contributed by atoms with E-state index in [0.29, 0.717) is 17.7 Å². The zero-order valence-electron chi connectivity index (χ0n) is 16.8. The van der Waals surface area contributed by atoms with Crippen molar-refractivity contribution in [3.8, 4) is 0 Å². The van der Waals surface area contributed by atoms with Gasteiger partial charge in [-0.1, -0.05) is 32.6 Å². The average molecular weight is 364 g/mol. The van der Waals surface area contributed by atoms with E-state index in [4.69, 9.17) is 0 Å². The summed E-state index contributed by atoms with van der Waals surface area (Å²) in [5.74, 6) is 1.44. The van der Waals surface area contributed by atoms with Gasteiger partial charge in [-0.2, -0.15) is 0 Å². The maximum absolute atomic E-state index is 13.1. The van der Waals surface area contributed by atoms with Crippen LogP contribution in [0.15, 0.2) is 0 Å². The molecule has 0 aromatic heterocycles. The maximum atomic E-state index is 13.1. The molecule has 1 aliphatic heterocycles. The van der Waals surface area contributed by atoms with E-state index in [0.717, 1.165) is 52.0 Å². The summed E-state index contributed by atoms with van der Waals surface area (Å²) in [4.78, 5) is 32.2. The zero-order valence-corrected chi connectivity index (χ0v) is 16.8. The summed E-state index contributed by atoms with van der Waals surface area (Å²) in [5.41, 5.74) is 0. The van der Waals surface area contributed by atoms with Crippen molar-refractivity contribution in [2.24, 2.45) is 11.8 Å². The van der Waals surface area contributed by atoms with Crippen molar-refractivity contribution in [3.05, 3.63) is 0 Å². The molecule has 0 aromatic carbocycles. The fourth-order valence-corrected chi connectivity index (χ4v) is 5.25. The summed E-state index contributed by atoms with van der Waals surface area (Å²) in [7, 11) is 1.95. The molecule has 2 aliphatic carbocycles. The van der Waals surface area contributed by atoms with Gasteiger partial charge in [0.1, 0.15) is 0 Å². The highest BCUT2D eigenvalue weighted by atomic mass is 16.2. The lowest BCUT2D eigenvalue weighted by Crippen LogP contribution is -2.58. The molecule has 0 radical (unpaired) electrons. The molecule has 1 heterocycles. The molecular weight excluding hydrogens is 326 g/mol. The van der Waals surface area contributed by atoms with E-state index in [1.807, 2.05) is 11.9 Å². The normalized spacial score (nSPS) is 24.2. The van der Waals surface area contributed by atoms with E-state index in [2.05, 4.69) is 16.7 Å². The van der Waals surface area contributed by atoms with Gasteiger partial charge in [0.05, 0.1) is 6.04 Å². The molecule has 1 saturated heterocycles. The van der Waals surface area contributed by atoms with Crippen LogP contribution < -0.4 is 0 Å². The fraction of sp³-hybridized carbons (Fsp3) is 0.905. The van der Waals surface area contributed by atoms with Crippen molar-refractivity contribution < 1.29 is 9.59 Å². The number of rotatable bonds is 6. The van der Waals surface area contributed by atoms with Crippen LogP contribution in [-0.4, -0.2) is 72.3 Å². The summed E-state index contributed by atoms with van der Waals surface area (Å²) in [6.45, 7) is 6.26. The molecule has 2 amide bonds. The molecule has 5 nitrogen and oxygen atoms in total. The standard InChI is InChI=1S/C21H37N3O2/c1-3-12-22(2)21(26)19(17-8-4-5-9-17)23-13-15-24(16-14-23)20(25)18-10-6-7-11-18/h17-19H,3-16H2,1-2H3/t19-/m1/s1. The van der Waals surface area contributed by atoms with Crippen LogP contribution in [0, 0.1) is 11.8 Å². The van der Waals surface area contributed by atoms with Crippen LogP contribution >= 0.6 is 0 Å². The Labute approximate surface area is 159 Å². The summed E-state index contributed by atoms with van der Waals surface area (Å²) in [6, 6.07) is 0.0257. The molecule has 0 bridgehead atoms. The highest BCUT2D eigenvalue weighted by Gasteiger charge is 2.39. The summed E-state index contributed by atoms with van der Waals surface area (Å²) < 4.78 is 0. The van der Waals surface area contributed by atoms with Crippen molar-refractivity contribution in [2.75, 3.05) is 39.8 Å². The molecule has 148 valence electrons. The third kappa shape index (κ3) is 4.41. The van der Waals surface area contributed by atoms with E-state index in [1.165, 1.54) is 38.5 Å². The number of likely N-dealkylation sites (N-methyl/N-ethyl adjacent to an activating group) is 1. The minimum atomic E-state index is 0.0257. The van der Waals surface area contributed by atoms with Gasteiger partial charge >= 0.3 is 0 Å². The van der Waals surface area contributed by atoms with Gasteiger partial charge in [-0.15, -0.1) is 0 Å². The van der Waals surface area contributed by atoms with Gasteiger partial charge in [0.2, 0.25) is 11.8 Å². The Balaban J connectivity index is 1.61. The smallest absolute Gasteiger partial charge is 0.239 e. The van der Waals surface area contributed by atoms with Crippen molar-refractivity contribution in [2.45, 2.75) is 70.8 Å². The Kier molecular flexibility index (Phi) is 6.96. The molecule has 0 unspecified atom stereocenters. The fourth-order valence-electron chi connectivity index (χ4n) is 5.25. The second kappa shape index (κ2) is 9.20. The van der Waals surface area contributed by atoms with E-state index in [9.17, 15) is 9.59 Å². The Bertz CT molecular complexity index is 476. The first kappa shape index (κ1) is 19.7. The number of piperazine rings is 1. The van der Waals surface area contributed by atoms with Crippen LogP contribution in [0.5, 0.6) is 0 Å². The van der Waals surface area contributed by atoms with Crippen molar-refractivity contribution in [1.29, 1.82) is 0 Å². The molecular formula is C21H37N3O2. The molecule has 0 spiro atoms. The molecule has 3 fully saturated rings. The molecule has 5 heteroatoms. The van der Waals surface area contributed by atoms with Gasteiger partial charge in [0.15, 0.2) is 0 Å². The maximum Gasteiger partial charge on any atom is 0.239 e. The molecule has 1 atom stereocenters. The van der Waals surface area contributed by atoms with Gasteiger partial charge in [-0.05, 0) is 38.0 Å². The second-order valence-electron chi connectivity index (χ2n) is 8.59. The summed E-state index contributed by atoms with van der Waals surface area (Å²) in [5, 5.41) is 0. The molecule has 0 N–H and O–H groups in total. The van der Waals surface area contributed by atoms with Gasteiger partial charge in [-0.25, -0.2) is 0 Å². The highest BCUT2D eigenvalue weighted by Crippen LogP contribution is 2.32. The quantitative estimate of drug-likeness (QED) is 0.729. The number of hydrogen-bond donors (Lipinski definition) is 0. The third-order valence-electron chi connectivity index (χ3n) is 6.76. The van der Waals surface area contributed by atoms with Crippen molar-refractivity contribution in [3.63, 3.8) is 0 Å². The minimum absolute atomic E-state index is 0.0257. The number of hydrogen-bond acceptors (Lipinski definition) is 3. The van der Waals surface area contributed by atoms with Crippen molar-refractivity contribution >= 4 is 11.8 Å². The second-order valence-corrected chi connectivity index (χ2v) is 8.59. The lowest BCUT2D eigenvalue weighted by molar-refractivity contribution is -0.142. The Morgan fingerprint density at radius 1 is 0.962 bits per heavy atom. The summed E-state index contributed by atoms with van der Waals surface area (Å²) in [6.07, 6.45) is 10.4. The van der Waals surface area contributed by atoms with E-state index in [1.54, 1.807) is 0 Å². The first-order valence-corrected chi connectivity index (χ1v) is 10.9. The average Bonchev–Trinajstić information content (AvgIpc) is 3.36. The number of carbonyl (C=O) groups is 2. The zero-order chi connectivity index (χ0) is 18.5. The van der Waals surface area contributed by atoms with Crippen LogP contribution in [0.2, 0.25) is 0 Å². The predicted molar refractivity (Wildman–Crippen MR) is 104 cm³/mol. The van der Waals surface area contributed by atoms with Crippen LogP contribution in [0.1, 0.15) is 64.7 Å². The van der Waals surface area contributed by atoms with Gasteiger partial charge in [-0.3, -0.25) is 14.5 Å². The number of carbonyl (C=O) groups excluding carboxylic acids is 2. The van der Waals surface area contributed by atoms with Gasteiger partial charge < -0.3 is 9.80 Å². The molecule has 3 rings (SSSR count). The lowest BCUT2D eigenvalue weighted by Gasteiger charge is -2.42. The largest absolute Gasteiger partial charge is 0.344 e. The van der Waals surface area contributed by atoms with Gasteiger partial charge in [0.25, 0.3) is 0 Å². The van der Waals surface area contributed by atoms with E-state index in [-0.39, 0.29) is 12.0 Å². The van der Waals surface area contributed by atoms with E-state index >= 15 is 0 Å². The monoisotopic (exact) mass is 363 g/mol. The Morgan fingerprint density at radius 2 is 1.54 bits per heavy atom. The van der Waals surface area contributed by atoms with E-state index < -0.39 is 0 Å². The van der Waals surface area contributed by atoms with Crippen LogP contribution in [0.3, 0.4) is 0 Å². The molecule has 3 aliphatic rings.